The molecular weight excluding hydrogens is 332 g/mol. The fraction of sp³-hybridized carbons (Fsp3) is 0.350. The van der Waals surface area contributed by atoms with E-state index in [9.17, 15) is 14.4 Å². The molecule has 6 nitrogen and oxygen atoms in total. The molecule has 0 spiro atoms. The number of hydrogen-bond acceptors (Lipinski definition) is 4. The lowest BCUT2D eigenvalue weighted by molar-refractivity contribution is -0.125. The maximum atomic E-state index is 12.2. The summed E-state index contributed by atoms with van der Waals surface area (Å²) in [5, 5.41) is 2.94. The highest BCUT2D eigenvalue weighted by Gasteiger charge is 2.22. The zero-order valence-corrected chi connectivity index (χ0v) is 15.0. The summed E-state index contributed by atoms with van der Waals surface area (Å²) in [6.07, 6.45) is 4.47. The van der Waals surface area contributed by atoms with E-state index in [1.165, 1.54) is 23.1 Å². The normalized spacial score (nSPS) is 15.8. The molecule has 136 valence electrons. The SMILES string of the molecule is CC(=O)c1cc(C(=O)OCC(=O)N[C@@H]2CCCc3ccccc32)n(C)c1. The Balaban J connectivity index is 1.58. The summed E-state index contributed by atoms with van der Waals surface area (Å²) in [5.41, 5.74) is 3.06. The number of benzene rings is 1. The molecule has 1 aliphatic carbocycles. The van der Waals surface area contributed by atoms with Crippen LogP contribution in [0.5, 0.6) is 0 Å². The molecule has 1 aromatic carbocycles. The van der Waals surface area contributed by atoms with Crippen LogP contribution >= 0.6 is 0 Å². The molecule has 0 fully saturated rings. The van der Waals surface area contributed by atoms with Crippen molar-refractivity contribution in [3.8, 4) is 0 Å². The lowest BCUT2D eigenvalue weighted by Crippen LogP contribution is -2.34. The Morgan fingerprint density at radius 1 is 1.27 bits per heavy atom. The molecular formula is C20H22N2O4. The number of aryl methyl sites for hydroxylation is 2. The Morgan fingerprint density at radius 2 is 2.04 bits per heavy atom. The molecule has 0 unspecified atom stereocenters. The summed E-state index contributed by atoms with van der Waals surface area (Å²) >= 11 is 0. The van der Waals surface area contributed by atoms with E-state index in [-0.39, 0.29) is 30.0 Å². The Morgan fingerprint density at radius 3 is 2.77 bits per heavy atom. The van der Waals surface area contributed by atoms with Gasteiger partial charge in [-0.05, 0) is 43.4 Å². The Bertz CT molecular complexity index is 853. The van der Waals surface area contributed by atoms with Gasteiger partial charge in [-0.3, -0.25) is 9.59 Å². The zero-order valence-electron chi connectivity index (χ0n) is 15.0. The van der Waals surface area contributed by atoms with Crippen molar-refractivity contribution >= 4 is 17.7 Å². The number of ketones is 1. The summed E-state index contributed by atoms with van der Waals surface area (Å²) in [4.78, 5) is 35.8. The number of nitrogens with one attached hydrogen (secondary N) is 1. The van der Waals surface area contributed by atoms with Gasteiger partial charge in [0, 0.05) is 18.8 Å². The van der Waals surface area contributed by atoms with E-state index in [0.29, 0.717) is 5.56 Å². The van der Waals surface area contributed by atoms with Gasteiger partial charge in [0.15, 0.2) is 12.4 Å². The summed E-state index contributed by atoms with van der Waals surface area (Å²) in [5.74, 6) is -1.09. The maximum absolute atomic E-state index is 12.2. The molecule has 2 aromatic rings. The molecule has 1 aromatic heterocycles. The molecule has 1 atom stereocenters. The average molecular weight is 354 g/mol. The van der Waals surface area contributed by atoms with Gasteiger partial charge in [0.25, 0.3) is 5.91 Å². The number of carbonyl (C=O) groups excluding carboxylic acids is 3. The largest absolute Gasteiger partial charge is 0.451 e. The van der Waals surface area contributed by atoms with Crippen LogP contribution in [0.1, 0.15) is 57.8 Å². The van der Waals surface area contributed by atoms with Crippen LogP contribution in [0, 0.1) is 0 Å². The van der Waals surface area contributed by atoms with Crippen molar-refractivity contribution in [3.05, 3.63) is 58.9 Å². The summed E-state index contributed by atoms with van der Waals surface area (Å²) in [7, 11) is 1.65. The first-order valence-corrected chi connectivity index (χ1v) is 8.67. The van der Waals surface area contributed by atoms with Gasteiger partial charge >= 0.3 is 5.97 Å². The van der Waals surface area contributed by atoms with Gasteiger partial charge < -0.3 is 14.6 Å². The summed E-state index contributed by atoms with van der Waals surface area (Å²) in [6, 6.07) is 9.49. The number of ether oxygens (including phenoxy) is 1. The van der Waals surface area contributed by atoms with Crippen LogP contribution in [0.4, 0.5) is 0 Å². The smallest absolute Gasteiger partial charge is 0.355 e. The number of nitrogens with zero attached hydrogens (tertiary/aromatic N) is 1. The number of hydrogen-bond donors (Lipinski definition) is 1. The maximum Gasteiger partial charge on any atom is 0.355 e. The predicted octanol–water partition coefficient (Wildman–Crippen LogP) is 2.58. The summed E-state index contributed by atoms with van der Waals surface area (Å²) < 4.78 is 6.63. The fourth-order valence-electron chi connectivity index (χ4n) is 3.30. The molecule has 6 heteroatoms. The van der Waals surface area contributed by atoms with E-state index >= 15 is 0 Å². The third-order valence-electron chi connectivity index (χ3n) is 4.66. The number of amides is 1. The van der Waals surface area contributed by atoms with Gasteiger partial charge in [-0.25, -0.2) is 4.79 Å². The Labute approximate surface area is 152 Å². The minimum Gasteiger partial charge on any atom is -0.451 e. The molecule has 0 saturated heterocycles. The molecule has 1 N–H and O–H groups in total. The second kappa shape index (κ2) is 7.56. The zero-order chi connectivity index (χ0) is 18.7. The molecule has 0 radical (unpaired) electrons. The Kier molecular flexibility index (Phi) is 5.21. The number of fused-ring (bicyclic) bond motifs is 1. The van der Waals surface area contributed by atoms with Crippen molar-refractivity contribution in [3.63, 3.8) is 0 Å². The van der Waals surface area contributed by atoms with Crippen molar-refractivity contribution in [1.29, 1.82) is 0 Å². The van der Waals surface area contributed by atoms with Crippen molar-refractivity contribution in [2.24, 2.45) is 7.05 Å². The van der Waals surface area contributed by atoms with Crippen LogP contribution < -0.4 is 5.32 Å². The average Bonchev–Trinajstić information content (AvgIpc) is 3.02. The molecule has 1 aliphatic rings. The second-order valence-electron chi connectivity index (χ2n) is 6.57. The molecule has 3 rings (SSSR count). The molecule has 1 heterocycles. The minimum absolute atomic E-state index is 0.0505. The number of aromatic nitrogens is 1. The van der Waals surface area contributed by atoms with Crippen LogP contribution in [0.2, 0.25) is 0 Å². The van der Waals surface area contributed by atoms with Crippen molar-refractivity contribution < 1.29 is 19.1 Å². The van der Waals surface area contributed by atoms with E-state index in [1.807, 2.05) is 18.2 Å². The highest BCUT2D eigenvalue weighted by molar-refractivity contribution is 5.98. The van der Waals surface area contributed by atoms with Crippen molar-refractivity contribution in [2.45, 2.75) is 32.2 Å². The van der Waals surface area contributed by atoms with Gasteiger partial charge in [0.2, 0.25) is 0 Å². The monoisotopic (exact) mass is 354 g/mol. The van der Waals surface area contributed by atoms with E-state index in [2.05, 4.69) is 11.4 Å². The van der Waals surface area contributed by atoms with Crippen LogP contribution in [-0.4, -0.2) is 28.8 Å². The molecule has 0 bridgehead atoms. The molecule has 0 aliphatic heterocycles. The highest BCUT2D eigenvalue weighted by atomic mass is 16.5. The first-order chi connectivity index (χ1) is 12.5. The summed E-state index contributed by atoms with van der Waals surface area (Å²) in [6.45, 7) is 1.08. The fourth-order valence-corrected chi connectivity index (χ4v) is 3.30. The van der Waals surface area contributed by atoms with Crippen LogP contribution in [0.3, 0.4) is 0 Å². The molecule has 26 heavy (non-hydrogen) atoms. The van der Waals surface area contributed by atoms with Gasteiger partial charge in [0.1, 0.15) is 5.69 Å². The van der Waals surface area contributed by atoms with Crippen molar-refractivity contribution in [2.75, 3.05) is 6.61 Å². The van der Waals surface area contributed by atoms with Crippen molar-refractivity contribution in [1.82, 2.24) is 9.88 Å². The van der Waals surface area contributed by atoms with Gasteiger partial charge in [-0.2, -0.15) is 0 Å². The van der Waals surface area contributed by atoms with Crippen LogP contribution in [0.25, 0.3) is 0 Å². The van der Waals surface area contributed by atoms with E-state index in [0.717, 1.165) is 24.8 Å². The van der Waals surface area contributed by atoms with Gasteiger partial charge in [0.05, 0.1) is 6.04 Å². The predicted molar refractivity (Wildman–Crippen MR) is 96.0 cm³/mol. The molecule has 1 amide bonds. The third kappa shape index (κ3) is 3.85. The third-order valence-corrected chi connectivity index (χ3v) is 4.66. The minimum atomic E-state index is -0.626. The standard InChI is InChI=1S/C20H22N2O4/c1-13(23)15-10-18(22(2)11-15)20(25)26-12-19(24)21-17-9-5-7-14-6-3-4-8-16(14)17/h3-4,6,8,10-11,17H,5,7,9,12H2,1-2H3,(H,21,24)/t17-/m1/s1. The lowest BCUT2D eigenvalue weighted by atomic mass is 9.88. The first kappa shape index (κ1) is 17.9. The van der Waals surface area contributed by atoms with Crippen LogP contribution in [-0.2, 0) is 23.0 Å². The lowest BCUT2D eigenvalue weighted by Gasteiger charge is -2.26. The molecule has 0 saturated carbocycles. The first-order valence-electron chi connectivity index (χ1n) is 8.67. The van der Waals surface area contributed by atoms with E-state index < -0.39 is 5.97 Å². The number of carbonyl (C=O) groups is 3. The Hall–Kier alpha value is -2.89. The van der Waals surface area contributed by atoms with E-state index in [1.54, 1.807) is 13.2 Å². The second-order valence-corrected chi connectivity index (χ2v) is 6.57. The van der Waals surface area contributed by atoms with Gasteiger partial charge in [-0.15, -0.1) is 0 Å². The number of Topliss-reactive ketones (excluding diaryl/α,β-unsaturated/α-hetero) is 1. The quantitative estimate of drug-likeness (QED) is 0.661. The van der Waals surface area contributed by atoms with Crippen LogP contribution in [0.15, 0.2) is 36.5 Å². The van der Waals surface area contributed by atoms with Gasteiger partial charge in [-0.1, -0.05) is 24.3 Å². The van der Waals surface area contributed by atoms with E-state index in [4.69, 9.17) is 4.74 Å². The number of rotatable bonds is 5. The topological polar surface area (TPSA) is 77.4 Å². The highest BCUT2D eigenvalue weighted by Crippen LogP contribution is 2.29. The number of esters is 1.